The molecule has 88 valence electrons. The largest absolute Gasteiger partial charge is 0.378 e. The summed E-state index contributed by atoms with van der Waals surface area (Å²) in [6.07, 6.45) is 7.18. The van der Waals surface area contributed by atoms with Crippen molar-refractivity contribution in [1.82, 2.24) is 0 Å². The molecule has 0 amide bonds. The molecule has 1 unspecified atom stereocenters. The zero-order valence-electron chi connectivity index (χ0n) is 9.58. The molecule has 3 nitrogen and oxygen atoms in total. The van der Waals surface area contributed by atoms with Crippen LogP contribution in [0.25, 0.3) is 0 Å². The molecule has 0 aliphatic heterocycles. The first kappa shape index (κ1) is 14.3. The lowest BCUT2D eigenvalue weighted by molar-refractivity contribution is -0.132. The number of hydrogen-bond donors (Lipinski definition) is 1. The highest BCUT2D eigenvalue weighted by Gasteiger charge is 2.12. The number of hydrogen-bond acceptors (Lipinski definition) is 3. The molecule has 1 N–H and O–H groups in total. The molecule has 0 aromatic heterocycles. The fourth-order valence-electron chi connectivity index (χ4n) is 1.48. The Hall–Kier alpha value is -0.700. The molecule has 0 saturated heterocycles. The number of rotatable bonds is 10. The highest BCUT2D eigenvalue weighted by atomic mass is 16.3. The van der Waals surface area contributed by atoms with Gasteiger partial charge >= 0.3 is 0 Å². The average molecular weight is 214 g/mol. The molecular weight excluding hydrogens is 192 g/mol. The maximum atomic E-state index is 11.0. The zero-order chi connectivity index (χ0) is 11.5. The van der Waals surface area contributed by atoms with E-state index in [1.807, 2.05) is 0 Å². The molecule has 3 heteroatoms. The molecule has 0 bridgehead atoms. The van der Waals surface area contributed by atoms with Crippen molar-refractivity contribution in [2.75, 3.05) is 0 Å². The fraction of sp³-hybridized carbons (Fsp3) is 0.833. The molecule has 0 aromatic carbocycles. The molecule has 0 spiro atoms. The molecule has 0 radical (unpaired) electrons. The van der Waals surface area contributed by atoms with Gasteiger partial charge < -0.3 is 5.11 Å². The van der Waals surface area contributed by atoms with Crippen LogP contribution in [0, 0.1) is 0 Å². The maximum Gasteiger partial charge on any atom is 0.168 e. The summed E-state index contributed by atoms with van der Waals surface area (Å²) in [4.78, 5) is 21.1. The molecule has 15 heavy (non-hydrogen) atoms. The Morgan fingerprint density at radius 3 is 2.20 bits per heavy atom. The first-order chi connectivity index (χ1) is 7.22. The number of ketones is 1. The van der Waals surface area contributed by atoms with E-state index in [-0.39, 0.29) is 5.78 Å². The van der Waals surface area contributed by atoms with Crippen molar-refractivity contribution in [3.63, 3.8) is 0 Å². The van der Waals surface area contributed by atoms with Gasteiger partial charge in [-0.25, -0.2) is 0 Å². The number of Topliss-reactive ketones (excluding diaryl/α,β-unsaturated/α-hetero) is 1. The van der Waals surface area contributed by atoms with E-state index in [1.165, 1.54) is 25.7 Å². The highest BCUT2D eigenvalue weighted by Crippen LogP contribution is 2.08. The number of carbonyl (C=O) groups is 2. The summed E-state index contributed by atoms with van der Waals surface area (Å²) in [6.45, 7) is 2.18. The fourth-order valence-corrected chi connectivity index (χ4v) is 1.48. The van der Waals surface area contributed by atoms with Crippen LogP contribution in [0.4, 0.5) is 0 Å². The van der Waals surface area contributed by atoms with Gasteiger partial charge in [0.15, 0.2) is 18.2 Å². The first-order valence-corrected chi connectivity index (χ1v) is 5.88. The summed E-state index contributed by atoms with van der Waals surface area (Å²) in [7, 11) is 0. The van der Waals surface area contributed by atoms with E-state index in [9.17, 15) is 9.59 Å². The number of carbonyl (C=O) groups excluding carboxylic acids is 2. The zero-order valence-corrected chi connectivity index (χ0v) is 9.58. The van der Waals surface area contributed by atoms with Gasteiger partial charge in [-0.15, -0.1) is 0 Å². The third-order valence-electron chi connectivity index (χ3n) is 2.49. The van der Waals surface area contributed by atoms with Crippen molar-refractivity contribution in [2.45, 2.75) is 64.4 Å². The van der Waals surface area contributed by atoms with E-state index >= 15 is 0 Å². The van der Waals surface area contributed by atoms with Crippen molar-refractivity contribution in [1.29, 1.82) is 0 Å². The van der Waals surface area contributed by atoms with E-state index in [2.05, 4.69) is 6.92 Å². The predicted octanol–water partition coefficient (Wildman–Crippen LogP) is 2.26. The van der Waals surface area contributed by atoms with Crippen LogP contribution in [0.3, 0.4) is 0 Å². The van der Waals surface area contributed by atoms with Crippen LogP contribution in [0.15, 0.2) is 0 Å². The Labute approximate surface area is 91.9 Å². The first-order valence-electron chi connectivity index (χ1n) is 5.88. The summed E-state index contributed by atoms with van der Waals surface area (Å²) < 4.78 is 0. The quantitative estimate of drug-likeness (QED) is 0.345. The van der Waals surface area contributed by atoms with Gasteiger partial charge in [-0.2, -0.15) is 0 Å². The Kier molecular flexibility index (Phi) is 9.38. The topological polar surface area (TPSA) is 54.4 Å². The molecule has 0 aromatic rings. The van der Waals surface area contributed by atoms with Crippen molar-refractivity contribution >= 4 is 12.1 Å². The normalized spacial score (nSPS) is 12.4. The Bertz CT molecular complexity index is 178. The van der Waals surface area contributed by atoms with Gasteiger partial charge in [-0.3, -0.25) is 9.59 Å². The smallest absolute Gasteiger partial charge is 0.168 e. The predicted molar refractivity (Wildman–Crippen MR) is 59.7 cm³/mol. The lowest BCUT2D eigenvalue weighted by Gasteiger charge is -2.02. The maximum absolute atomic E-state index is 11.0. The number of aliphatic hydroxyl groups excluding tert-OH is 1. The minimum atomic E-state index is -1.40. The summed E-state index contributed by atoms with van der Waals surface area (Å²) in [5, 5.41) is 8.88. The molecular formula is C12H22O3. The van der Waals surface area contributed by atoms with Crippen molar-refractivity contribution < 1.29 is 14.7 Å². The van der Waals surface area contributed by atoms with E-state index in [4.69, 9.17) is 5.11 Å². The Balaban J connectivity index is 3.23. The lowest BCUT2D eigenvalue weighted by Crippen LogP contribution is -2.21. The second kappa shape index (κ2) is 9.84. The minimum absolute atomic E-state index is 0.295. The van der Waals surface area contributed by atoms with E-state index in [0.717, 1.165) is 19.3 Å². The molecule has 1 atom stereocenters. The molecule has 0 saturated carbocycles. The van der Waals surface area contributed by atoms with Gasteiger partial charge in [0.05, 0.1) is 0 Å². The van der Waals surface area contributed by atoms with E-state index < -0.39 is 6.10 Å². The Morgan fingerprint density at radius 2 is 1.67 bits per heavy atom. The third kappa shape index (κ3) is 8.30. The van der Waals surface area contributed by atoms with Crippen LogP contribution >= 0.6 is 0 Å². The summed E-state index contributed by atoms with van der Waals surface area (Å²) in [5.41, 5.74) is 0. The van der Waals surface area contributed by atoms with Gasteiger partial charge in [0.2, 0.25) is 0 Å². The molecule has 0 fully saturated rings. The summed E-state index contributed by atoms with van der Waals surface area (Å²) in [6, 6.07) is 0. The second-order valence-electron chi connectivity index (χ2n) is 3.92. The van der Waals surface area contributed by atoms with Gasteiger partial charge in [-0.1, -0.05) is 45.4 Å². The molecule has 0 rings (SSSR count). The van der Waals surface area contributed by atoms with Crippen molar-refractivity contribution in [3.05, 3.63) is 0 Å². The Morgan fingerprint density at radius 1 is 1.13 bits per heavy atom. The van der Waals surface area contributed by atoms with Crippen LogP contribution in [-0.4, -0.2) is 23.3 Å². The molecule has 0 aliphatic rings. The number of unbranched alkanes of at least 4 members (excludes halogenated alkanes) is 6. The summed E-state index contributed by atoms with van der Waals surface area (Å²) >= 11 is 0. The van der Waals surface area contributed by atoms with Gasteiger partial charge in [-0.05, 0) is 6.42 Å². The average Bonchev–Trinajstić information content (AvgIpc) is 2.26. The van der Waals surface area contributed by atoms with Gasteiger partial charge in [0.1, 0.15) is 0 Å². The highest BCUT2D eigenvalue weighted by molar-refractivity contribution is 5.95. The molecule has 0 heterocycles. The van der Waals surface area contributed by atoms with E-state index in [0.29, 0.717) is 12.7 Å². The van der Waals surface area contributed by atoms with Crippen LogP contribution < -0.4 is 0 Å². The van der Waals surface area contributed by atoms with Crippen LogP contribution in [0.1, 0.15) is 58.3 Å². The van der Waals surface area contributed by atoms with Crippen LogP contribution in [-0.2, 0) is 9.59 Å². The van der Waals surface area contributed by atoms with Gasteiger partial charge in [0.25, 0.3) is 0 Å². The SMILES string of the molecule is CCCCCCCCCC(=O)C(O)C=O. The number of aldehydes is 1. The number of aliphatic hydroxyl groups is 1. The summed E-state index contributed by atoms with van der Waals surface area (Å²) in [5.74, 6) is -0.349. The second-order valence-corrected chi connectivity index (χ2v) is 3.92. The van der Waals surface area contributed by atoms with Crippen LogP contribution in [0.2, 0.25) is 0 Å². The van der Waals surface area contributed by atoms with Crippen LogP contribution in [0.5, 0.6) is 0 Å². The lowest BCUT2D eigenvalue weighted by atomic mass is 10.1. The molecule has 0 aliphatic carbocycles. The van der Waals surface area contributed by atoms with Gasteiger partial charge in [0, 0.05) is 6.42 Å². The standard InChI is InChI=1S/C12H22O3/c1-2-3-4-5-6-7-8-9-11(14)12(15)10-13/h10,12,15H,2-9H2,1H3. The third-order valence-corrected chi connectivity index (χ3v) is 2.49. The minimum Gasteiger partial charge on any atom is -0.378 e. The monoisotopic (exact) mass is 214 g/mol. The van der Waals surface area contributed by atoms with E-state index in [1.54, 1.807) is 0 Å². The van der Waals surface area contributed by atoms with Crippen molar-refractivity contribution in [2.24, 2.45) is 0 Å². The van der Waals surface area contributed by atoms with Crippen molar-refractivity contribution in [3.8, 4) is 0 Å².